The van der Waals surface area contributed by atoms with Crippen LogP contribution in [0.2, 0.25) is 0 Å². The smallest absolute Gasteiger partial charge is 0.257 e. The summed E-state index contributed by atoms with van der Waals surface area (Å²) in [5.74, 6) is -0.756. The van der Waals surface area contributed by atoms with Gasteiger partial charge >= 0.3 is 0 Å². The summed E-state index contributed by atoms with van der Waals surface area (Å²) in [6.45, 7) is 3.90. The third-order valence-electron chi connectivity index (χ3n) is 2.08. The van der Waals surface area contributed by atoms with Gasteiger partial charge in [0.25, 0.3) is 5.91 Å². The number of nitrogens with one attached hydrogen (secondary N) is 1. The van der Waals surface area contributed by atoms with Crippen molar-refractivity contribution in [3.05, 3.63) is 17.5 Å². The number of likely N-dealkylation sites (N-methyl/N-ethyl adjacent to an activating group) is 1. The van der Waals surface area contributed by atoms with E-state index in [-0.39, 0.29) is 12.5 Å². The van der Waals surface area contributed by atoms with Crippen molar-refractivity contribution in [3.63, 3.8) is 0 Å². The van der Waals surface area contributed by atoms with E-state index in [9.17, 15) is 9.59 Å². The fourth-order valence-corrected chi connectivity index (χ4v) is 1.25. The van der Waals surface area contributed by atoms with Gasteiger partial charge < -0.3 is 10.6 Å². The Balaban J connectivity index is 2.82. The topological polar surface area (TPSA) is 92.1 Å². The monoisotopic (exact) mass is 210 g/mol. The molecule has 2 amide bonds. The summed E-state index contributed by atoms with van der Waals surface area (Å²) < 4.78 is 0. The van der Waals surface area contributed by atoms with Crippen molar-refractivity contribution in [3.8, 4) is 0 Å². The Bertz CT molecular complexity index is 372. The van der Waals surface area contributed by atoms with Crippen molar-refractivity contribution in [2.45, 2.75) is 13.8 Å². The van der Waals surface area contributed by atoms with E-state index in [0.29, 0.717) is 17.8 Å². The van der Waals surface area contributed by atoms with Gasteiger partial charge in [-0.3, -0.25) is 14.7 Å². The van der Waals surface area contributed by atoms with Gasteiger partial charge in [-0.15, -0.1) is 0 Å². The van der Waals surface area contributed by atoms with Crippen LogP contribution < -0.4 is 5.73 Å². The summed E-state index contributed by atoms with van der Waals surface area (Å²) >= 11 is 0. The van der Waals surface area contributed by atoms with Gasteiger partial charge in [-0.05, 0) is 13.8 Å². The molecule has 0 saturated heterocycles. The highest BCUT2D eigenvalue weighted by Crippen LogP contribution is 2.06. The van der Waals surface area contributed by atoms with Crippen LogP contribution in [0.5, 0.6) is 0 Å². The number of H-pyrrole nitrogens is 1. The Hall–Kier alpha value is -1.85. The summed E-state index contributed by atoms with van der Waals surface area (Å²) in [5, 5.41) is 6.42. The summed E-state index contributed by atoms with van der Waals surface area (Å²) in [5.41, 5.74) is 6.20. The predicted molar refractivity (Wildman–Crippen MR) is 54.1 cm³/mol. The van der Waals surface area contributed by atoms with Crippen LogP contribution >= 0.6 is 0 Å². The third-order valence-corrected chi connectivity index (χ3v) is 2.08. The first-order chi connectivity index (χ1) is 7.06. The van der Waals surface area contributed by atoms with E-state index < -0.39 is 5.91 Å². The molecule has 0 aliphatic carbocycles. The molecule has 0 bridgehead atoms. The molecule has 82 valence electrons. The molecule has 0 spiro atoms. The maximum atomic E-state index is 11.9. The highest BCUT2D eigenvalue weighted by molar-refractivity contribution is 5.96. The number of aromatic nitrogens is 2. The van der Waals surface area contributed by atoms with E-state index in [4.69, 9.17) is 5.73 Å². The van der Waals surface area contributed by atoms with E-state index in [1.165, 1.54) is 11.1 Å². The third kappa shape index (κ3) is 2.55. The van der Waals surface area contributed by atoms with Gasteiger partial charge in [0.05, 0.1) is 18.3 Å². The van der Waals surface area contributed by atoms with E-state index in [1.54, 1.807) is 13.8 Å². The van der Waals surface area contributed by atoms with Crippen LogP contribution in [0.1, 0.15) is 23.0 Å². The van der Waals surface area contributed by atoms with Crippen LogP contribution in [0.3, 0.4) is 0 Å². The molecule has 1 aromatic rings. The summed E-state index contributed by atoms with van der Waals surface area (Å²) in [6, 6.07) is 0. The number of hydrogen-bond acceptors (Lipinski definition) is 3. The quantitative estimate of drug-likeness (QED) is 0.712. The lowest BCUT2D eigenvalue weighted by Crippen LogP contribution is -2.38. The van der Waals surface area contributed by atoms with Crippen LogP contribution in [0.15, 0.2) is 6.20 Å². The number of nitrogens with two attached hydrogens (primary N) is 1. The van der Waals surface area contributed by atoms with Crippen LogP contribution in [0, 0.1) is 6.92 Å². The number of amides is 2. The molecule has 6 nitrogen and oxygen atoms in total. The standard InChI is InChI=1S/C9H14N4O2/c1-3-13(5-8(10)14)9(15)7-4-11-12-6(7)2/h4H,3,5H2,1-2H3,(H2,10,14)(H,11,12). The molecule has 0 aliphatic heterocycles. The highest BCUT2D eigenvalue weighted by atomic mass is 16.2. The Labute approximate surface area is 87.4 Å². The Morgan fingerprint density at radius 3 is 2.67 bits per heavy atom. The Morgan fingerprint density at radius 1 is 1.60 bits per heavy atom. The zero-order valence-electron chi connectivity index (χ0n) is 8.78. The molecule has 0 atom stereocenters. The maximum absolute atomic E-state index is 11.9. The number of nitrogens with zero attached hydrogens (tertiary/aromatic N) is 2. The van der Waals surface area contributed by atoms with Crippen LogP contribution in [-0.2, 0) is 4.79 Å². The van der Waals surface area contributed by atoms with Gasteiger partial charge in [0.2, 0.25) is 5.91 Å². The first-order valence-corrected chi connectivity index (χ1v) is 4.63. The molecule has 0 unspecified atom stereocenters. The minimum Gasteiger partial charge on any atom is -0.368 e. The summed E-state index contributed by atoms with van der Waals surface area (Å²) in [6.07, 6.45) is 1.45. The molecule has 1 heterocycles. The van der Waals surface area contributed by atoms with E-state index >= 15 is 0 Å². The van der Waals surface area contributed by atoms with Gasteiger partial charge in [-0.2, -0.15) is 5.10 Å². The average molecular weight is 210 g/mol. The lowest BCUT2D eigenvalue weighted by molar-refractivity contribution is -0.118. The van der Waals surface area contributed by atoms with Gasteiger partial charge in [-0.25, -0.2) is 0 Å². The first-order valence-electron chi connectivity index (χ1n) is 4.63. The zero-order chi connectivity index (χ0) is 11.4. The lowest BCUT2D eigenvalue weighted by atomic mass is 10.2. The molecule has 0 radical (unpaired) electrons. The molecule has 1 aromatic heterocycles. The molecule has 6 heteroatoms. The molecule has 0 saturated carbocycles. The number of rotatable bonds is 4. The molecule has 15 heavy (non-hydrogen) atoms. The predicted octanol–water partition coefficient (Wildman–Crippen LogP) is -0.334. The molecular formula is C9H14N4O2. The zero-order valence-corrected chi connectivity index (χ0v) is 8.78. The maximum Gasteiger partial charge on any atom is 0.257 e. The van der Waals surface area contributed by atoms with Crippen molar-refractivity contribution in [2.24, 2.45) is 5.73 Å². The van der Waals surface area contributed by atoms with Gasteiger partial charge in [0, 0.05) is 12.2 Å². The van der Waals surface area contributed by atoms with Crippen LogP contribution in [0.25, 0.3) is 0 Å². The summed E-state index contributed by atoms with van der Waals surface area (Å²) in [4.78, 5) is 24.0. The molecule has 3 N–H and O–H groups in total. The minimum atomic E-state index is -0.522. The number of carbonyl (C=O) groups is 2. The Kier molecular flexibility index (Phi) is 3.43. The van der Waals surface area contributed by atoms with Gasteiger partial charge in [-0.1, -0.05) is 0 Å². The normalized spacial score (nSPS) is 10.0. The van der Waals surface area contributed by atoms with Crippen molar-refractivity contribution < 1.29 is 9.59 Å². The molecule has 0 aliphatic rings. The van der Waals surface area contributed by atoms with Crippen molar-refractivity contribution in [1.29, 1.82) is 0 Å². The number of carbonyl (C=O) groups excluding carboxylic acids is 2. The molecule has 0 fully saturated rings. The van der Waals surface area contributed by atoms with Gasteiger partial charge in [0.15, 0.2) is 0 Å². The van der Waals surface area contributed by atoms with Crippen molar-refractivity contribution >= 4 is 11.8 Å². The number of aromatic amines is 1. The Morgan fingerprint density at radius 2 is 2.27 bits per heavy atom. The molecular weight excluding hydrogens is 196 g/mol. The second-order valence-corrected chi connectivity index (χ2v) is 3.19. The van der Waals surface area contributed by atoms with Crippen LogP contribution in [0.4, 0.5) is 0 Å². The molecule has 0 aromatic carbocycles. The largest absolute Gasteiger partial charge is 0.368 e. The van der Waals surface area contributed by atoms with Crippen molar-refractivity contribution in [2.75, 3.05) is 13.1 Å². The second kappa shape index (κ2) is 4.59. The minimum absolute atomic E-state index is 0.0695. The fraction of sp³-hybridized carbons (Fsp3) is 0.444. The van der Waals surface area contributed by atoms with E-state index in [2.05, 4.69) is 10.2 Å². The second-order valence-electron chi connectivity index (χ2n) is 3.19. The SMILES string of the molecule is CCN(CC(N)=O)C(=O)c1cn[nH]c1C. The number of aryl methyl sites for hydroxylation is 1. The average Bonchev–Trinajstić information content (AvgIpc) is 2.59. The fourth-order valence-electron chi connectivity index (χ4n) is 1.25. The van der Waals surface area contributed by atoms with Crippen LogP contribution in [-0.4, -0.2) is 40.0 Å². The highest BCUT2D eigenvalue weighted by Gasteiger charge is 2.18. The van der Waals surface area contributed by atoms with Crippen molar-refractivity contribution in [1.82, 2.24) is 15.1 Å². The number of primary amides is 1. The summed E-state index contributed by atoms with van der Waals surface area (Å²) in [7, 11) is 0. The van der Waals surface area contributed by atoms with Gasteiger partial charge in [0.1, 0.15) is 0 Å². The molecule has 1 rings (SSSR count). The first kappa shape index (κ1) is 11.2. The van der Waals surface area contributed by atoms with E-state index in [0.717, 1.165) is 0 Å². The lowest BCUT2D eigenvalue weighted by Gasteiger charge is -2.18. The number of hydrogen-bond donors (Lipinski definition) is 2. The van der Waals surface area contributed by atoms with E-state index in [1.807, 2.05) is 0 Å².